The maximum atomic E-state index is 5.91. The quantitative estimate of drug-likeness (QED) is 0.155. The van der Waals surface area contributed by atoms with Gasteiger partial charge in [-0.15, -0.1) is 0 Å². The smallest absolute Gasteiger partial charge is 0.146 e. The van der Waals surface area contributed by atoms with E-state index in [1.165, 1.54) is 33.4 Å². The van der Waals surface area contributed by atoms with Crippen LogP contribution in [-0.4, -0.2) is 0 Å². The highest BCUT2D eigenvalue weighted by molar-refractivity contribution is 5.44. The summed E-state index contributed by atoms with van der Waals surface area (Å²) in [5, 5.41) is 0. The lowest BCUT2D eigenvalue weighted by Gasteiger charge is -2.26. The average Bonchev–Trinajstić information content (AvgIpc) is 2.96. The van der Waals surface area contributed by atoms with Gasteiger partial charge in [-0.1, -0.05) is 86.6 Å². The first-order valence-electron chi connectivity index (χ1n) is 13.2. The molecule has 0 bridgehead atoms. The Morgan fingerprint density at radius 1 is 0.487 bits per heavy atom. The molecule has 4 N–H and O–H groups in total. The van der Waals surface area contributed by atoms with Crippen LogP contribution in [0.3, 0.4) is 0 Å². The van der Waals surface area contributed by atoms with Crippen LogP contribution in [0.25, 0.3) is 0 Å². The van der Waals surface area contributed by atoms with Crippen molar-refractivity contribution in [2.24, 2.45) is 5.90 Å². The van der Waals surface area contributed by atoms with Gasteiger partial charge >= 0.3 is 0 Å². The lowest BCUT2D eigenvalue weighted by atomic mass is 9.77. The normalized spacial score (nSPS) is 11.3. The maximum Gasteiger partial charge on any atom is 0.146 e. The summed E-state index contributed by atoms with van der Waals surface area (Å²) in [4.78, 5) is 4.77. The molecule has 0 saturated carbocycles. The van der Waals surface area contributed by atoms with E-state index in [1.807, 2.05) is 60.7 Å². The van der Waals surface area contributed by atoms with Gasteiger partial charge in [0, 0.05) is 11.1 Å². The summed E-state index contributed by atoms with van der Waals surface area (Å²) in [5.74, 6) is 7.48. The number of anilines is 1. The van der Waals surface area contributed by atoms with Crippen LogP contribution in [0.5, 0.6) is 17.2 Å². The van der Waals surface area contributed by atoms with E-state index < -0.39 is 0 Å². The molecule has 196 valence electrons. The molecule has 5 aromatic rings. The van der Waals surface area contributed by atoms with Gasteiger partial charge in [0.25, 0.3) is 0 Å². The minimum Gasteiger partial charge on any atom is -0.457 e. The predicted octanol–water partition coefficient (Wildman–Crippen LogP) is 7.82. The number of nitrogen functional groups attached to an aromatic ring is 1. The van der Waals surface area contributed by atoms with Crippen molar-refractivity contribution in [2.75, 3.05) is 5.73 Å². The molecule has 4 heteroatoms. The van der Waals surface area contributed by atoms with Gasteiger partial charge in [-0.2, -0.15) is 5.90 Å². The molecule has 39 heavy (non-hydrogen) atoms. The van der Waals surface area contributed by atoms with Crippen LogP contribution >= 0.6 is 0 Å². The zero-order valence-corrected chi connectivity index (χ0v) is 22.4. The summed E-state index contributed by atoms with van der Waals surface area (Å²) < 4.78 is 5.91. The first-order chi connectivity index (χ1) is 18.9. The Labute approximate surface area is 230 Å². The third-order valence-corrected chi connectivity index (χ3v) is 7.27. The number of nitrogens with two attached hydrogens (primary N) is 2. The summed E-state index contributed by atoms with van der Waals surface area (Å²) in [7, 11) is 0. The largest absolute Gasteiger partial charge is 0.457 e. The molecule has 5 rings (SSSR count). The first-order valence-corrected chi connectivity index (χ1v) is 13.2. The van der Waals surface area contributed by atoms with Crippen LogP contribution in [0.1, 0.15) is 47.2 Å². The molecule has 0 amide bonds. The van der Waals surface area contributed by atoms with Crippen LogP contribution in [0.4, 0.5) is 5.69 Å². The van der Waals surface area contributed by atoms with E-state index >= 15 is 0 Å². The number of hydrogen-bond acceptors (Lipinski definition) is 4. The van der Waals surface area contributed by atoms with Gasteiger partial charge < -0.3 is 15.3 Å². The van der Waals surface area contributed by atoms with Crippen molar-refractivity contribution in [1.82, 2.24) is 0 Å². The Bertz CT molecular complexity index is 1490. The minimum atomic E-state index is -0.0989. The van der Waals surface area contributed by atoms with Crippen molar-refractivity contribution < 1.29 is 9.57 Å². The SMILES string of the molecule is CC(C)(c1ccc(Cc2ccc(ON)cc2)cc1)c1ccc(Cc2ccc(Oc3ccc(N)cc3)cc2)cc1. The fraction of sp³-hybridized carbons (Fsp3) is 0.143. The van der Waals surface area contributed by atoms with Gasteiger partial charge in [-0.05, 0) is 94.8 Å². The van der Waals surface area contributed by atoms with E-state index in [0.29, 0.717) is 5.75 Å². The molecule has 0 heterocycles. The molecule has 4 nitrogen and oxygen atoms in total. The zero-order chi connectivity index (χ0) is 27.2. The van der Waals surface area contributed by atoms with E-state index in [9.17, 15) is 0 Å². The number of rotatable bonds is 9. The van der Waals surface area contributed by atoms with Crippen LogP contribution in [0.2, 0.25) is 0 Å². The fourth-order valence-electron chi connectivity index (χ4n) is 4.75. The number of ether oxygens (including phenoxy) is 1. The maximum absolute atomic E-state index is 5.91. The minimum absolute atomic E-state index is 0.0989. The summed E-state index contributed by atoms with van der Waals surface area (Å²) in [6.07, 6.45) is 1.74. The summed E-state index contributed by atoms with van der Waals surface area (Å²) in [5.41, 5.74) is 14.0. The highest BCUT2D eigenvalue weighted by Gasteiger charge is 2.23. The van der Waals surface area contributed by atoms with Crippen molar-refractivity contribution >= 4 is 5.69 Å². The van der Waals surface area contributed by atoms with E-state index in [-0.39, 0.29) is 5.41 Å². The molecular formula is C35H34N2O2. The summed E-state index contributed by atoms with van der Waals surface area (Å²) in [6, 6.07) is 41.5. The third-order valence-electron chi connectivity index (χ3n) is 7.27. The topological polar surface area (TPSA) is 70.5 Å². The Morgan fingerprint density at radius 2 is 0.821 bits per heavy atom. The zero-order valence-electron chi connectivity index (χ0n) is 22.4. The number of benzene rings is 5. The molecule has 0 aromatic heterocycles. The number of hydrogen-bond donors (Lipinski definition) is 2. The van der Waals surface area contributed by atoms with E-state index in [0.717, 1.165) is 30.0 Å². The van der Waals surface area contributed by atoms with Gasteiger partial charge in [-0.3, -0.25) is 0 Å². The van der Waals surface area contributed by atoms with Crippen molar-refractivity contribution in [2.45, 2.75) is 32.1 Å². The molecule has 0 aliphatic carbocycles. The van der Waals surface area contributed by atoms with Gasteiger partial charge in [0.05, 0.1) is 0 Å². The van der Waals surface area contributed by atoms with Crippen molar-refractivity contribution in [1.29, 1.82) is 0 Å². The van der Waals surface area contributed by atoms with Crippen LogP contribution in [-0.2, 0) is 18.3 Å². The van der Waals surface area contributed by atoms with Crippen LogP contribution in [0, 0.1) is 0 Å². The van der Waals surface area contributed by atoms with Gasteiger partial charge in [0.15, 0.2) is 0 Å². The lowest BCUT2D eigenvalue weighted by Crippen LogP contribution is -2.18. The standard InChI is InChI=1S/C35H34N2O2/c1-35(2,30-13-5-26(6-14-30)24-28-9-19-34(39-37)20-10-28)29-11-3-25(4-12-29)23-27-7-17-32(18-8-27)38-33-21-15-31(36)16-22-33/h3-22H,23-24,36-37H2,1-2H3. The van der Waals surface area contributed by atoms with Gasteiger partial charge in [0.1, 0.15) is 17.2 Å². The molecule has 0 unspecified atom stereocenters. The fourth-order valence-corrected chi connectivity index (χ4v) is 4.75. The van der Waals surface area contributed by atoms with Crippen LogP contribution in [0.15, 0.2) is 121 Å². The molecule has 0 aliphatic heterocycles. The van der Waals surface area contributed by atoms with Crippen molar-refractivity contribution in [3.05, 3.63) is 155 Å². The molecule has 5 aromatic carbocycles. The molecular weight excluding hydrogens is 480 g/mol. The van der Waals surface area contributed by atoms with E-state index in [4.69, 9.17) is 21.2 Å². The van der Waals surface area contributed by atoms with Crippen molar-refractivity contribution in [3.8, 4) is 17.2 Å². The monoisotopic (exact) mass is 514 g/mol. The second-order valence-corrected chi connectivity index (χ2v) is 10.4. The second-order valence-electron chi connectivity index (χ2n) is 10.4. The predicted molar refractivity (Wildman–Crippen MR) is 159 cm³/mol. The highest BCUT2D eigenvalue weighted by atomic mass is 16.6. The lowest BCUT2D eigenvalue weighted by molar-refractivity contribution is 0.334. The summed E-state index contributed by atoms with van der Waals surface area (Å²) in [6.45, 7) is 4.56. The Morgan fingerprint density at radius 3 is 1.21 bits per heavy atom. The third kappa shape index (κ3) is 6.49. The Balaban J connectivity index is 1.21. The highest BCUT2D eigenvalue weighted by Crippen LogP contribution is 2.32. The van der Waals surface area contributed by atoms with Crippen molar-refractivity contribution in [3.63, 3.8) is 0 Å². The molecule has 0 spiro atoms. The average molecular weight is 515 g/mol. The van der Waals surface area contributed by atoms with E-state index in [1.54, 1.807) is 0 Å². The Kier molecular flexibility index (Phi) is 7.67. The first kappa shape index (κ1) is 26.1. The molecule has 0 saturated heterocycles. The Hall–Kier alpha value is -4.54. The molecule has 0 aliphatic rings. The van der Waals surface area contributed by atoms with Gasteiger partial charge in [0.2, 0.25) is 0 Å². The molecule has 0 fully saturated rings. The molecule has 0 radical (unpaired) electrons. The van der Waals surface area contributed by atoms with Crippen LogP contribution < -0.4 is 21.2 Å². The second kappa shape index (κ2) is 11.5. The van der Waals surface area contributed by atoms with Gasteiger partial charge in [-0.25, -0.2) is 0 Å². The molecule has 0 atom stereocenters. The summed E-state index contributed by atoms with van der Waals surface area (Å²) >= 11 is 0. The van der Waals surface area contributed by atoms with E-state index in [2.05, 4.69) is 74.5 Å².